The average molecular weight is 455 g/mol. The second-order valence-corrected chi connectivity index (χ2v) is 10.1. The maximum atomic E-state index is 12.9. The van der Waals surface area contributed by atoms with Crippen molar-refractivity contribution in [2.45, 2.75) is 50.6 Å². The third kappa shape index (κ3) is 5.24. The van der Waals surface area contributed by atoms with E-state index in [1.165, 1.54) is 5.56 Å². The van der Waals surface area contributed by atoms with Crippen molar-refractivity contribution in [2.75, 3.05) is 11.9 Å². The minimum absolute atomic E-state index is 0.0435. The molecular formula is C23H30N6O2S. The highest BCUT2D eigenvalue weighted by atomic mass is 32.2. The van der Waals surface area contributed by atoms with Gasteiger partial charge >= 0.3 is 0 Å². The lowest BCUT2D eigenvalue weighted by Gasteiger charge is -2.19. The highest BCUT2D eigenvalue weighted by Crippen LogP contribution is 2.21. The molecule has 2 aromatic carbocycles. The summed E-state index contributed by atoms with van der Waals surface area (Å²) in [6.07, 6.45) is 1.94. The first-order valence-electron chi connectivity index (χ1n) is 11.0. The van der Waals surface area contributed by atoms with Gasteiger partial charge in [-0.05, 0) is 44.4 Å². The zero-order valence-electron chi connectivity index (χ0n) is 18.4. The number of aryl methyl sites for hydroxylation is 1. The van der Waals surface area contributed by atoms with Gasteiger partial charge < -0.3 is 5.32 Å². The summed E-state index contributed by atoms with van der Waals surface area (Å²) in [6, 6.07) is 17.7. The van der Waals surface area contributed by atoms with Crippen LogP contribution in [0.4, 0.5) is 5.82 Å². The minimum Gasteiger partial charge on any atom is -0.369 e. The summed E-state index contributed by atoms with van der Waals surface area (Å²) in [5.41, 5.74) is 8.06. The van der Waals surface area contributed by atoms with Crippen molar-refractivity contribution < 1.29 is 8.42 Å². The number of aromatic nitrogens is 2. The van der Waals surface area contributed by atoms with E-state index in [0.717, 1.165) is 36.1 Å². The van der Waals surface area contributed by atoms with E-state index >= 15 is 0 Å². The van der Waals surface area contributed by atoms with Crippen LogP contribution < -0.4 is 20.9 Å². The molecule has 0 radical (unpaired) electrons. The van der Waals surface area contributed by atoms with E-state index in [9.17, 15) is 8.42 Å². The monoisotopic (exact) mass is 454 g/mol. The number of sulfonamides is 1. The summed E-state index contributed by atoms with van der Waals surface area (Å²) in [5, 5.41) is 3.77. The molecule has 1 fully saturated rings. The van der Waals surface area contributed by atoms with Crippen LogP contribution in [0.5, 0.6) is 0 Å². The Hall–Kier alpha value is -2.59. The van der Waals surface area contributed by atoms with Crippen molar-refractivity contribution in [3.05, 3.63) is 66.0 Å². The number of nitrogens with zero attached hydrogens (tertiary/aromatic N) is 2. The summed E-state index contributed by atoms with van der Waals surface area (Å²) in [6.45, 7) is 4.51. The molecule has 0 aliphatic carbocycles. The molecule has 3 aromatic rings. The zero-order chi connectivity index (χ0) is 22.6. The number of hydrogen-bond donors (Lipinski definition) is 4. The SMILES string of the molecule is CC1NNC(C)C1S(=O)(=O)NCc1nc(NCCCc2ccccc2)c2ccccc2n1. The molecule has 0 saturated carbocycles. The lowest BCUT2D eigenvalue weighted by atomic mass is 10.1. The number of benzene rings is 2. The van der Waals surface area contributed by atoms with Crippen LogP contribution in [0.1, 0.15) is 31.7 Å². The van der Waals surface area contributed by atoms with Crippen LogP contribution in [0.15, 0.2) is 54.6 Å². The molecular weight excluding hydrogens is 424 g/mol. The van der Waals surface area contributed by atoms with Crippen LogP contribution in [0.2, 0.25) is 0 Å². The molecule has 2 heterocycles. The van der Waals surface area contributed by atoms with Crippen molar-refractivity contribution in [3.63, 3.8) is 0 Å². The van der Waals surface area contributed by atoms with Gasteiger partial charge in [0.2, 0.25) is 10.0 Å². The molecule has 1 aliphatic rings. The third-order valence-electron chi connectivity index (χ3n) is 5.74. The first kappa shape index (κ1) is 22.6. The fourth-order valence-corrected chi connectivity index (χ4v) is 5.88. The molecule has 4 N–H and O–H groups in total. The minimum atomic E-state index is -3.55. The molecule has 0 spiro atoms. The van der Waals surface area contributed by atoms with E-state index < -0.39 is 15.3 Å². The molecule has 9 heteroatoms. The molecule has 32 heavy (non-hydrogen) atoms. The fraction of sp³-hybridized carbons (Fsp3) is 0.391. The number of rotatable bonds is 9. The summed E-state index contributed by atoms with van der Waals surface area (Å²) in [4.78, 5) is 9.20. The van der Waals surface area contributed by atoms with Crippen molar-refractivity contribution in [1.82, 2.24) is 25.5 Å². The van der Waals surface area contributed by atoms with Gasteiger partial charge in [-0.3, -0.25) is 10.9 Å². The zero-order valence-corrected chi connectivity index (χ0v) is 19.2. The van der Waals surface area contributed by atoms with E-state index in [4.69, 9.17) is 0 Å². The van der Waals surface area contributed by atoms with Crippen LogP contribution in [0.25, 0.3) is 10.9 Å². The Morgan fingerprint density at radius 2 is 1.62 bits per heavy atom. The molecule has 1 saturated heterocycles. The Balaban J connectivity index is 1.45. The number of hydrazine groups is 1. The molecule has 4 rings (SSSR count). The lowest BCUT2D eigenvalue weighted by molar-refractivity contribution is 0.543. The summed E-state index contributed by atoms with van der Waals surface area (Å²) in [7, 11) is -3.55. The molecule has 1 aliphatic heterocycles. The second-order valence-electron chi connectivity index (χ2n) is 8.22. The molecule has 1 aromatic heterocycles. The van der Waals surface area contributed by atoms with Crippen molar-refractivity contribution in [1.29, 1.82) is 0 Å². The summed E-state index contributed by atoms with van der Waals surface area (Å²) < 4.78 is 28.4. The maximum absolute atomic E-state index is 12.9. The standard InChI is InChI=1S/C23H30N6O2S/c1-16-22(17(2)29-28-16)32(30,31)25-15-21-26-20-13-7-6-12-19(20)23(27-21)24-14-8-11-18-9-4-3-5-10-18/h3-7,9-10,12-13,16-17,22,25,28-29H,8,11,14-15H2,1-2H3,(H,24,26,27). The number of nitrogens with one attached hydrogen (secondary N) is 4. The van der Waals surface area contributed by atoms with Gasteiger partial charge in [-0.2, -0.15) is 0 Å². The Bertz CT molecular complexity index is 1150. The molecule has 2 unspecified atom stereocenters. The fourth-order valence-electron chi connectivity index (χ4n) is 4.14. The quantitative estimate of drug-likeness (QED) is 0.368. The van der Waals surface area contributed by atoms with Crippen LogP contribution in [-0.2, 0) is 23.0 Å². The van der Waals surface area contributed by atoms with E-state index in [2.05, 4.69) is 43.0 Å². The largest absolute Gasteiger partial charge is 0.369 e. The first-order chi connectivity index (χ1) is 15.4. The Morgan fingerprint density at radius 1 is 0.938 bits per heavy atom. The predicted octanol–water partition coefficient (Wildman–Crippen LogP) is 2.35. The van der Waals surface area contributed by atoms with E-state index in [0.29, 0.717) is 5.82 Å². The molecule has 170 valence electrons. The van der Waals surface area contributed by atoms with Crippen molar-refractivity contribution >= 4 is 26.7 Å². The normalized spacial score (nSPS) is 21.1. The van der Waals surface area contributed by atoms with Gasteiger partial charge in [0.1, 0.15) is 16.9 Å². The topological polar surface area (TPSA) is 108 Å². The highest BCUT2D eigenvalue weighted by Gasteiger charge is 2.40. The van der Waals surface area contributed by atoms with Crippen LogP contribution in [0.3, 0.4) is 0 Å². The van der Waals surface area contributed by atoms with Crippen molar-refractivity contribution in [2.24, 2.45) is 0 Å². The van der Waals surface area contributed by atoms with Gasteiger partial charge in [-0.1, -0.05) is 42.5 Å². The molecule has 8 nitrogen and oxygen atoms in total. The number of fused-ring (bicyclic) bond motifs is 1. The van der Waals surface area contributed by atoms with E-state index in [1.807, 2.05) is 56.3 Å². The van der Waals surface area contributed by atoms with Crippen LogP contribution >= 0.6 is 0 Å². The summed E-state index contributed by atoms with van der Waals surface area (Å²) >= 11 is 0. The van der Waals surface area contributed by atoms with E-state index in [-0.39, 0.29) is 18.6 Å². The number of para-hydroxylation sites is 1. The highest BCUT2D eigenvalue weighted by molar-refractivity contribution is 7.90. The van der Waals surface area contributed by atoms with Gasteiger partial charge in [0.15, 0.2) is 0 Å². The molecule has 0 amide bonds. The second kappa shape index (κ2) is 9.91. The lowest BCUT2D eigenvalue weighted by Crippen LogP contribution is -2.44. The van der Waals surface area contributed by atoms with E-state index in [1.54, 1.807) is 0 Å². The maximum Gasteiger partial charge on any atom is 0.218 e. The van der Waals surface area contributed by atoms with Crippen molar-refractivity contribution in [3.8, 4) is 0 Å². The Morgan fingerprint density at radius 3 is 2.38 bits per heavy atom. The molecule has 0 bridgehead atoms. The predicted molar refractivity (Wildman–Crippen MR) is 128 cm³/mol. The molecule has 2 atom stereocenters. The van der Waals surface area contributed by atoms with Gasteiger partial charge in [0.25, 0.3) is 0 Å². The average Bonchev–Trinajstić information content (AvgIpc) is 3.14. The summed E-state index contributed by atoms with van der Waals surface area (Å²) in [5.74, 6) is 1.17. The number of anilines is 1. The van der Waals surface area contributed by atoms with Gasteiger partial charge in [0.05, 0.1) is 12.1 Å². The first-order valence-corrected chi connectivity index (χ1v) is 12.5. The van der Waals surface area contributed by atoms with Crippen LogP contribution in [-0.4, -0.2) is 42.3 Å². The number of hydrogen-bond acceptors (Lipinski definition) is 7. The third-order valence-corrected chi connectivity index (χ3v) is 7.82. The Labute approximate surface area is 189 Å². The Kier molecular flexibility index (Phi) is 7.00. The van der Waals surface area contributed by atoms with Gasteiger partial charge in [-0.15, -0.1) is 0 Å². The smallest absolute Gasteiger partial charge is 0.218 e. The van der Waals surface area contributed by atoms with Crippen LogP contribution in [0, 0.1) is 0 Å². The van der Waals surface area contributed by atoms with Gasteiger partial charge in [0, 0.05) is 24.0 Å². The van der Waals surface area contributed by atoms with Gasteiger partial charge in [-0.25, -0.2) is 23.1 Å².